The van der Waals surface area contributed by atoms with Crippen molar-refractivity contribution in [2.45, 2.75) is 18.8 Å². The first kappa shape index (κ1) is 15.6. The summed E-state index contributed by atoms with van der Waals surface area (Å²) in [6.07, 6.45) is 2.19. The number of anilines is 1. The van der Waals surface area contributed by atoms with Gasteiger partial charge in [-0.15, -0.1) is 0 Å². The Kier molecular flexibility index (Phi) is 3.87. The van der Waals surface area contributed by atoms with Crippen LogP contribution in [0.3, 0.4) is 0 Å². The van der Waals surface area contributed by atoms with E-state index in [9.17, 15) is 14.9 Å². The van der Waals surface area contributed by atoms with Crippen molar-refractivity contribution >= 4 is 17.3 Å². The van der Waals surface area contributed by atoms with E-state index in [1.807, 2.05) is 4.90 Å². The van der Waals surface area contributed by atoms with Crippen molar-refractivity contribution in [3.05, 3.63) is 51.9 Å². The van der Waals surface area contributed by atoms with Gasteiger partial charge in [0.25, 0.3) is 11.6 Å². The third-order valence-corrected chi connectivity index (χ3v) is 4.71. The van der Waals surface area contributed by atoms with Crippen molar-refractivity contribution in [2.75, 3.05) is 31.1 Å². The van der Waals surface area contributed by atoms with Crippen LogP contribution in [0.4, 0.5) is 11.4 Å². The van der Waals surface area contributed by atoms with Gasteiger partial charge >= 0.3 is 0 Å². The predicted molar refractivity (Wildman–Crippen MR) is 89.7 cm³/mol. The third kappa shape index (κ3) is 3.07. The molecule has 4 rings (SSSR count). The van der Waals surface area contributed by atoms with Crippen molar-refractivity contribution in [3.8, 4) is 0 Å². The lowest BCUT2D eigenvalue weighted by atomic mass is 10.2. The van der Waals surface area contributed by atoms with Gasteiger partial charge in [-0.3, -0.25) is 14.9 Å². The monoisotopic (exact) mass is 342 g/mol. The first-order valence-electron chi connectivity index (χ1n) is 8.38. The number of hydrogen-bond acceptors (Lipinski definition) is 6. The predicted octanol–water partition coefficient (Wildman–Crippen LogP) is 2.42. The van der Waals surface area contributed by atoms with E-state index in [0.29, 0.717) is 43.5 Å². The van der Waals surface area contributed by atoms with Crippen molar-refractivity contribution < 1.29 is 14.2 Å². The molecule has 8 nitrogen and oxygen atoms in total. The second kappa shape index (κ2) is 6.19. The Bertz CT molecular complexity index is 806. The maximum absolute atomic E-state index is 12.6. The topological polar surface area (TPSA) is 92.7 Å². The molecule has 1 saturated heterocycles. The molecule has 2 heterocycles. The zero-order valence-electron chi connectivity index (χ0n) is 13.6. The van der Waals surface area contributed by atoms with Gasteiger partial charge in [0.1, 0.15) is 11.4 Å². The van der Waals surface area contributed by atoms with Gasteiger partial charge in [0.2, 0.25) is 0 Å². The van der Waals surface area contributed by atoms with Crippen LogP contribution in [0.1, 0.15) is 35.0 Å². The maximum Gasteiger partial charge on any atom is 0.292 e. The minimum Gasteiger partial charge on any atom is -0.362 e. The van der Waals surface area contributed by atoms with Gasteiger partial charge in [-0.05, 0) is 18.9 Å². The van der Waals surface area contributed by atoms with Crippen molar-refractivity contribution in [1.29, 1.82) is 0 Å². The summed E-state index contributed by atoms with van der Waals surface area (Å²) < 4.78 is 5.25. The van der Waals surface area contributed by atoms with Gasteiger partial charge in [-0.1, -0.05) is 17.3 Å². The highest BCUT2D eigenvalue weighted by molar-refractivity contribution is 5.92. The summed E-state index contributed by atoms with van der Waals surface area (Å²) >= 11 is 0. The Labute approximate surface area is 144 Å². The molecule has 1 aromatic carbocycles. The summed E-state index contributed by atoms with van der Waals surface area (Å²) in [5.74, 6) is 1.07. The molecule has 2 aliphatic rings. The van der Waals surface area contributed by atoms with Gasteiger partial charge in [0.05, 0.1) is 4.92 Å². The molecular weight excluding hydrogens is 324 g/mol. The zero-order chi connectivity index (χ0) is 17.4. The van der Waals surface area contributed by atoms with Gasteiger partial charge in [0, 0.05) is 44.2 Å². The van der Waals surface area contributed by atoms with E-state index in [4.69, 9.17) is 4.52 Å². The Morgan fingerprint density at radius 2 is 1.92 bits per heavy atom. The van der Waals surface area contributed by atoms with Gasteiger partial charge in [-0.2, -0.15) is 0 Å². The quantitative estimate of drug-likeness (QED) is 0.626. The van der Waals surface area contributed by atoms with Crippen molar-refractivity contribution in [2.24, 2.45) is 0 Å². The number of nitro groups is 1. The molecule has 1 aliphatic carbocycles. The summed E-state index contributed by atoms with van der Waals surface area (Å²) in [4.78, 5) is 27.0. The molecule has 0 spiro atoms. The van der Waals surface area contributed by atoms with Gasteiger partial charge in [-0.25, -0.2) is 0 Å². The molecule has 0 atom stereocenters. The number of amides is 1. The van der Waals surface area contributed by atoms with E-state index in [2.05, 4.69) is 5.16 Å². The second-order valence-corrected chi connectivity index (χ2v) is 6.41. The van der Waals surface area contributed by atoms with E-state index in [1.54, 1.807) is 29.2 Å². The molecule has 1 saturated carbocycles. The number of benzene rings is 1. The number of piperazine rings is 1. The zero-order valence-corrected chi connectivity index (χ0v) is 13.6. The van der Waals surface area contributed by atoms with Crippen LogP contribution in [0.5, 0.6) is 0 Å². The van der Waals surface area contributed by atoms with Crippen LogP contribution < -0.4 is 4.90 Å². The molecule has 2 aromatic rings. The molecular formula is C17H18N4O4. The molecule has 0 N–H and O–H groups in total. The third-order valence-electron chi connectivity index (χ3n) is 4.71. The molecule has 130 valence electrons. The molecule has 1 aliphatic heterocycles. The Morgan fingerprint density at radius 1 is 1.20 bits per heavy atom. The van der Waals surface area contributed by atoms with E-state index < -0.39 is 0 Å². The Balaban J connectivity index is 1.42. The van der Waals surface area contributed by atoms with E-state index in [1.165, 1.54) is 6.07 Å². The first-order chi connectivity index (χ1) is 12.1. The summed E-state index contributed by atoms with van der Waals surface area (Å²) in [5, 5.41) is 15.1. The summed E-state index contributed by atoms with van der Waals surface area (Å²) in [6.45, 7) is 2.08. The smallest absolute Gasteiger partial charge is 0.292 e. The Morgan fingerprint density at radius 3 is 2.60 bits per heavy atom. The largest absolute Gasteiger partial charge is 0.362 e. The Hall–Kier alpha value is -2.90. The molecule has 0 radical (unpaired) electrons. The van der Waals surface area contributed by atoms with Crippen LogP contribution in [0, 0.1) is 10.1 Å². The van der Waals surface area contributed by atoms with Crippen LogP contribution in [0.15, 0.2) is 34.9 Å². The van der Waals surface area contributed by atoms with Crippen LogP contribution >= 0.6 is 0 Å². The average molecular weight is 342 g/mol. The van der Waals surface area contributed by atoms with E-state index in [-0.39, 0.29) is 16.5 Å². The fraction of sp³-hybridized carbons (Fsp3) is 0.412. The lowest BCUT2D eigenvalue weighted by Crippen LogP contribution is -2.49. The summed E-state index contributed by atoms with van der Waals surface area (Å²) in [5.41, 5.74) is 1.03. The van der Waals surface area contributed by atoms with Gasteiger partial charge in [0.15, 0.2) is 5.69 Å². The molecule has 25 heavy (non-hydrogen) atoms. The van der Waals surface area contributed by atoms with E-state index >= 15 is 0 Å². The highest BCUT2D eigenvalue weighted by Gasteiger charge is 2.31. The number of nitro benzene ring substituents is 1. The molecule has 8 heteroatoms. The molecule has 0 bridgehead atoms. The molecule has 0 unspecified atom stereocenters. The number of aromatic nitrogens is 1. The first-order valence-corrected chi connectivity index (χ1v) is 8.38. The highest BCUT2D eigenvalue weighted by Crippen LogP contribution is 2.40. The number of hydrogen-bond donors (Lipinski definition) is 0. The summed E-state index contributed by atoms with van der Waals surface area (Å²) in [6, 6.07) is 8.43. The average Bonchev–Trinajstić information content (AvgIpc) is 3.38. The van der Waals surface area contributed by atoms with Gasteiger partial charge < -0.3 is 14.3 Å². The fourth-order valence-electron chi connectivity index (χ4n) is 3.15. The lowest BCUT2D eigenvalue weighted by molar-refractivity contribution is -0.384. The van der Waals surface area contributed by atoms with E-state index in [0.717, 1.165) is 18.6 Å². The lowest BCUT2D eigenvalue weighted by Gasteiger charge is -2.35. The molecule has 1 amide bonds. The fourth-order valence-corrected chi connectivity index (χ4v) is 3.15. The number of rotatable bonds is 4. The maximum atomic E-state index is 12.6. The minimum absolute atomic E-state index is 0.0906. The summed E-state index contributed by atoms with van der Waals surface area (Å²) in [7, 11) is 0. The number of para-hydroxylation sites is 2. The van der Waals surface area contributed by atoms with Crippen molar-refractivity contribution in [3.63, 3.8) is 0 Å². The van der Waals surface area contributed by atoms with Crippen LogP contribution in [-0.2, 0) is 0 Å². The second-order valence-electron chi connectivity index (χ2n) is 6.41. The highest BCUT2D eigenvalue weighted by atomic mass is 16.6. The standard InChI is InChI=1S/C17H18N4O4/c22-17(13-11-16(25-18-13)12-5-6-12)20-9-7-19(8-10-20)14-3-1-2-4-15(14)21(23)24/h1-4,11-12H,5-10H2. The molecule has 1 aromatic heterocycles. The number of nitrogens with zero attached hydrogens (tertiary/aromatic N) is 4. The van der Waals surface area contributed by atoms with Crippen molar-refractivity contribution in [1.82, 2.24) is 10.1 Å². The SMILES string of the molecule is O=C(c1cc(C2CC2)on1)N1CCN(c2ccccc2[N+](=O)[O-])CC1. The van der Waals surface area contributed by atoms with Crippen LogP contribution in [-0.4, -0.2) is 47.1 Å². The normalized spacial score (nSPS) is 17.6. The van der Waals surface area contributed by atoms with Crippen LogP contribution in [0.25, 0.3) is 0 Å². The number of carbonyl (C=O) groups is 1. The number of carbonyl (C=O) groups excluding carboxylic acids is 1. The minimum atomic E-state index is -0.373. The van der Waals surface area contributed by atoms with Crippen LogP contribution in [0.2, 0.25) is 0 Å². The molecule has 2 fully saturated rings.